The van der Waals surface area contributed by atoms with Crippen molar-refractivity contribution in [2.75, 3.05) is 13.2 Å². The summed E-state index contributed by atoms with van der Waals surface area (Å²) >= 11 is 10.5. The largest absolute Gasteiger partial charge is 0.375 e. The Bertz CT molecular complexity index is 318. The molecule has 0 aliphatic rings. The third kappa shape index (κ3) is 4.63. The first-order valence-electron chi connectivity index (χ1n) is 4.57. The van der Waals surface area contributed by atoms with Crippen LogP contribution < -0.4 is 5.73 Å². The number of ether oxygens (including phenoxy) is 1. The molecule has 2 nitrogen and oxygen atoms in total. The number of halogens is 4. The topological polar surface area (TPSA) is 35.2 Å². The maximum atomic E-state index is 11.8. The molecule has 1 unspecified atom stereocenters. The Hall–Kier alpha value is 0.250. The maximum absolute atomic E-state index is 11.8. The van der Waals surface area contributed by atoms with Crippen molar-refractivity contribution in [2.45, 2.75) is 18.9 Å². The minimum Gasteiger partial charge on any atom is -0.375 e. The molecule has 0 aromatic carbocycles. The van der Waals surface area contributed by atoms with Gasteiger partial charge in [0.25, 0.3) is 6.43 Å². The third-order valence-corrected chi connectivity index (χ3v) is 4.45. The number of hydrogen-bond donors (Lipinski definition) is 1. The molecule has 2 N–H and O–H groups in total. The van der Waals surface area contributed by atoms with Crippen LogP contribution in [0.25, 0.3) is 0 Å². The van der Waals surface area contributed by atoms with Crippen LogP contribution in [-0.4, -0.2) is 19.6 Å². The summed E-state index contributed by atoms with van der Waals surface area (Å²) in [7, 11) is 0. The molecule has 0 amide bonds. The zero-order valence-electron chi connectivity index (χ0n) is 8.26. The summed E-state index contributed by atoms with van der Waals surface area (Å²) in [6.07, 6.45) is -1.93. The molecule has 7 heteroatoms. The lowest BCUT2D eigenvalue weighted by Crippen LogP contribution is -2.13. The summed E-state index contributed by atoms with van der Waals surface area (Å²) < 4.78 is 29.7. The van der Waals surface area contributed by atoms with Gasteiger partial charge < -0.3 is 10.5 Å². The van der Waals surface area contributed by atoms with Gasteiger partial charge in [0.05, 0.1) is 0 Å². The van der Waals surface area contributed by atoms with Crippen LogP contribution in [-0.2, 0) is 4.74 Å². The Morgan fingerprint density at radius 3 is 2.75 bits per heavy atom. The van der Waals surface area contributed by atoms with E-state index in [0.29, 0.717) is 10.8 Å². The second-order valence-electron chi connectivity index (χ2n) is 3.13. The van der Waals surface area contributed by atoms with E-state index in [0.717, 1.165) is 9.35 Å². The first-order valence-corrected chi connectivity index (χ1v) is 6.55. The van der Waals surface area contributed by atoms with E-state index in [1.165, 1.54) is 11.3 Å². The number of alkyl halides is 2. The van der Waals surface area contributed by atoms with Gasteiger partial charge in [-0.25, -0.2) is 8.78 Å². The van der Waals surface area contributed by atoms with Gasteiger partial charge in [-0.1, -0.05) is 11.6 Å². The minimum absolute atomic E-state index is 0.221. The molecule has 0 saturated heterocycles. The van der Waals surface area contributed by atoms with Crippen LogP contribution in [0.1, 0.15) is 17.3 Å². The average Bonchev–Trinajstić information content (AvgIpc) is 2.54. The molecule has 1 aromatic heterocycles. The van der Waals surface area contributed by atoms with Crippen LogP contribution in [0.15, 0.2) is 10.5 Å². The molecule has 0 saturated carbocycles. The first-order chi connectivity index (χ1) is 7.50. The molecule has 0 aliphatic heterocycles. The molecule has 0 bridgehead atoms. The number of nitrogens with two attached hydrogens (primary N) is 1. The highest BCUT2D eigenvalue weighted by Crippen LogP contribution is 2.35. The Labute approximate surface area is 110 Å². The van der Waals surface area contributed by atoms with E-state index in [4.69, 9.17) is 22.1 Å². The normalized spacial score (nSPS) is 13.4. The lowest BCUT2D eigenvalue weighted by Gasteiger charge is -2.09. The third-order valence-electron chi connectivity index (χ3n) is 1.85. The molecule has 92 valence electrons. The van der Waals surface area contributed by atoms with Crippen LogP contribution in [0.5, 0.6) is 0 Å². The van der Waals surface area contributed by atoms with Crippen LogP contribution >= 0.6 is 38.9 Å². The van der Waals surface area contributed by atoms with E-state index < -0.39 is 13.0 Å². The fourth-order valence-electron chi connectivity index (χ4n) is 1.07. The van der Waals surface area contributed by atoms with Gasteiger partial charge in [0, 0.05) is 22.0 Å². The van der Waals surface area contributed by atoms with Crippen molar-refractivity contribution >= 4 is 38.9 Å². The molecular formula is C9H11BrClF2NOS. The molecule has 0 spiro atoms. The fourth-order valence-corrected chi connectivity index (χ4v) is 2.84. The summed E-state index contributed by atoms with van der Waals surface area (Å²) in [5.74, 6) is 0. The van der Waals surface area contributed by atoms with Crippen molar-refractivity contribution in [3.05, 3.63) is 19.8 Å². The second kappa shape index (κ2) is 6.86. The standard InChI is InChI=1S/C9H11BrClF2NOS/c10-5-3-7(16-9(5)11)6(14)1-2-15-4-8(12)13/h3,6,8H,1-2,4,14H2. The molecule has 1 heterocycles. The van der Waals surface area contributed by atoms with Crippen LogP contribution in [0.3, 0.4) is 0 Å². The number of hydrogen-bond acceptors (Lipinski definition) is 3. The Balaban J connectivity index is 2.32. The quantitative estimate of drug-likeness (QED) is 0.802. The highest BCUT2D eigenvalue weighted by Gasteiger charge is 2.12. The van der Waals surface area contributed by atoms with Crippen molar-refractivity contribution < 1.29 is 13.5 Å². The van der Waals surface area contributed by atoms with Gasteiger partial charge in [0.1, 0.15) is 10.9 Å². The predicted molar refractivity (Wildman–Crippen MR) is 65.4 cm³/mol. The number of rotatable bonds is 6. The summed E-state index contributed by atoms with van der Waals surface area (Å²) in [4.78, 5) is 0.914. The van der Waals surface area contributed by atoms with Crippen molar-refractivity contribution in [1.82, 2.24) is 0 Å². The van der Waals surface area contributed by atoms with Gasteiger partial charge in [-0.3, -0.25) is 0 Å². The summed E-state index contributed by atoms with van der Waals surface area (Å²) in [5, 5.41) is 0. The average molecular weight is 335 g/mol. The Morgan fingerprint density at radius 1 is 1.56 bits per heavy atom. The van der Waals surface area contributed by atoms with Gasteiger partial charge in [-0.05, 0) is 28.4 Å². The van der Waals surface area contributed by atoms with Crippen molar-refractivity contribution in [2.24, 2.45) is 5.73 Å². The summed E-state index contributed by atoms with van der Waals surface area (Å²) in [5.41, 5.74) is 5.86. The van der Waals surface area contributed by atoms with Crippen molar-refractivity contribution in [3.8, 4) is 0 Å². The fraction of sp³-hybridized carbons (Fsp3) is 0.556. The van der Waals surface area contributed by atoms with Crippen molar-refractivity contribution in [1.29, 1.82) is 0 Å². The molecule has 0 aliphatic carbocycles. The Morgan fingerprint density at radius 2 is 2.25 bits per heavy atom. The van der Waals surface area contributed by atoms with E-state index in [1.54, 1.807) is 0 Å². The van der Waals surface area contributed by atoms with E-state index in [1.807, 2.05) is 6.07 Å². The van der Waals surface area contributed by atoms with E-state index >= 15 is 0 Å². The van der Waals surface area contributed by atoms with E-state index in [-0.39, 0.29) is 12.6 Å². The first kappa shape index (κ1) is 14.3. The van der Waals surface area contributed by atoms with Gasteiger partial charge in [0.2, 0.25) is 0 Å². The summed E-state index contributed by atoms with van der Waals surface area (Å²) in [6.45, 7) is -0.319. The van der Waals surface area contributed by atoms with Crippen LogP contribution in [0.2, 0.25) is 4.34 Å². The van der Waals surface area contributed by atoms with Gasteiger partial charge in [-0.15, -0.1) is 11.3 Å². The molecule has 0 fully saturated rings. The Kier molecular flexibility index (Phi) is 6.13. The summed E-state index contributed by atoms with van der Waals surface area (Å²) in [6, 6.07) is 1.61. The smallest absolute Gasteiger partial charge is 0.261 e. The van der Waals surface area contributed by atoms with E-state index in [2.05, 4.69) is 15.9 Å². The molecule has 1 atom stereocenters. The van der Waals surface area contributed by atoms with Gasteiger partial charge >= 0.3 is 0 Å². The molecule has 0 radical (unpaired) electrons. The van der Waals surface area contributed by atoms with Gasteiger partial charge in [-0.2, -0.15) is 0 Å². The second-order valence-corrected chi connectivity index (χ2v) is 5.67. The number of thiophene rings is 1. The van der Waals surface area contributed by atoms with Crippen molar-refractivity contribution in [3.63, 3.8) is 0 Å². The maximum Gasteiger partial charge on any atom is 0.261 e. The lowest BCUT2D eigenvalue weighted by atomic mass is 10.2. The zero-order valence-corrected chi connectivity index (χ0v) is 11.4. The molecule has 1 rings (SSSR count). The predicted octanol–water partition coefficient (Wildman–Crippen LogP) is 3.84. The SMILES string of the molecule is NC(CCOCC(F)F)c1cc(Br)c(Cl)s1. The van der Waals surface area contributed by atoms with E-state index in [9.17, 15) is 8.78 Å². The molecule has 1 aromatic rings. The highest BCUT2D eigenvalue weighted by molar-refractivity contribution is 9.10. The molecular weight excluding hydrogens is 324 g/mol. The minimum atomic E-state index is -2.43. The lowest BCUT2D eigenvalue weighted by molar-refractivity contribution is 0.0153. The highest BCUT2D eigenvalue weighted by atomic mass is 79.9. The van der Waals surface area contributed by atoms with Crippen LogP contribution in [0.4, 0.5) is 8.78 Å². The monoisotopic (exact) mass is 333 g/mol. The zero-order chi connectivity index (χ0) is 12.1. The van der Waals surface area contributed by atoms with Gasteiger partial charge in [0.15, 0.2) is 0 Å². The van der Waals surface area contributed by atoms with Crippen LogP contribution in [0, 0.1) is 0 Å². The molecule has 16 heavy (non-hydrogen) atoms.